The van der Waals surface area contributed by atoms with E-state index in [-0.39, 0.29) is 0 Å². The molecule has 1 aromatic heterocycles. The minimum Gasteiger partial charge on any atom is -0.245 e. The summed E-state index contributed by atoms with van der Waals surface area (Å²) >= 11 is 6.27. The van der Waals surface area contributed by atoms with Crippen molar-refractivity contribution in [3.8, 4) is 11.3 Å². The Morgan fingerprint density at radius 2 is 2.06 bits per heavy atom. The maximum Gasteiger partial charge on any atom is 0.116 e. The third kappa shape index (κ3) is 1.81. The number of hydrogen-bond acceptors (Lipinski definition) is 2. The van der Waals surface area contributed by atoms with Crippen molar-refractivity contribution in [2.24, 2.45) is 0 Å². The van der Waals surface area contributed by atoms with Crippen LogP contribution in [0.1, 0.15) is 24.3 Å². The van der Waals surface area contributed by atoms with Gasteiger partial charge in [0.1, 0.15) is 6.33 Å². The van der Waals surface area contributed by atoms with E-state index in [0.29, 0.717) is 5.92 Å². The van der Waals surface area contributed by atoms with E-state index < -0.39 is 0 Å². The smallest absolute Gasteiger partial charge is 0.116 e. The van der Waals surface area contributed by atoms with Gasteiger partial charge in [-0.2, -0.15) is 0 Å². The first-order chi connectivity index (χ1) is 7.84. The second-order valence-corrected chi connectivity index (χ2v) is 4.51. The molecular formula is C13H11ClN2. The average molecular weight is 231 g/mol. The van der Waals surface area contributed by atoms with Crippen LogP contribution in [0, 0.1) is 0 Å². The van der Waals surface area contributed by atoms with Crippen LogP contribution >= 0.6 is 11.6 Å². The zero-order valence-electron chi connectivity index (χ0n) is 8.73. The predicted octanol–water partition coefficient (Wildman–Crippen LogP) is 3.67. The van der Waals surface area contributed by atoms with Gasteiger partial charge in [0.25, 0.3) is 0 Å². The summed E-state index contributed by atoms with van der Waals surface area (Å²) in [5.74, 6) is 0.687. The molecule has 0 N–H and O–H groups in total. The van der Waals surface area contributed by atoms with Gasteiger partial charge in [-0.05, 0) is 36.5 Å². The summed E-state index contributed by atoms with van der Waals surface area (Å²) in [6.07, 6.45) is 5.84. The van der Waals surface area contributed by atoms with Crippen molar-refractivity contribution in [2.45, 2.75) is 18.8 Å². The quantitative estimate of drug-likeness (QED) is 0.787. The molecule has 0 spiro atoms. The lowest BCUT2D eigenvalue weighted by atomic mass is 10.1. The van der Waals surface area contributed by atoms with Crippen LogP contribution in [0.3, 0.4) is 0 Å². The second kappa shape index (κ2) is 3.87. The fourth-order valence-corrected chi connectivity index (χ4v) is 2.21. The summed E-state index contributed by atoms with van der Waals surface area (Å²) in [7, 11) is 0. The Morgan fingerprint density at radius 1 is 1.19 bits per heavy atom. The largest absolute Gasteiger partial charge is 0.245 e. The summed E-state index contributed by atoms with van der Waals surface area (Å²) in [5.41, 5.74) is 3.25. The van der Waals surface area contributed by atoms with Crippen molar-refractivity contribution in [3.05, 3.63) is 47.4 Å². The molecule has 0 aliphatic heterocycles. The van der Waals surface area contributed by atoms with Gasteiger partial charge in [-0.3, -0.25) is 0 Å². The number of rotatable bonds is 2. The highest BCUT2D eigenvalue weighted by atomic mass is 35.5. The molecule has 1 fully saturated rings. The van der Waals surface area contributed by atoms with Crippen LogP contribution in [-0.4, -0.2) is 9.97 Å². The molecule has 2 nitrogen and oxygen atoms in total. The average Bonchev–Trinajstić information content (AvgIpc) is 3.14. The van der Waals surface area contributed by atoms with Crippen molar-refractivity contribution < 1.29 is 0 Å². The molecule has 80 valence electrons. The summed E-state index contributed by atoms with van der Waals surface area (Å²) in [4.78, 5) is 8.12. The van der Waals surface area contributed by atoms with Crippen molar-refractivity contribution in [2.75, 3.05) is 0 Å². The van der Waals surface area contributed by atoms with Gasteiger partial charge >= 0.3 is 0 Å². The lowest BCUT2D eigenvalue weighted by Crippen LogP contribution is -1.86. The Morgan fingerprint density at radius 3 is 2.69 bits per heavy atom. The number of halogens is 1. The van der Waals surface area contributed by atoms with Gasteiger partial charge in [0.2, 0.25) is 0 Å². The van der Waals surface area contributed by atoms with Crippen molar-refractivity contribution in [3.63, 3.8) is 0 Å². The maximum atomic E-state index is 6.27. The molecule has 0 radical (unpaired) electrons. The van der Waals surface area contributed by atoms with E-state index in [4.69, 9.17) is 11.6 Å². The summed E-state index contributed by atoms with van der Waals surface area (Å²) in [5, 5.41) is 0.860. The fourth-order valence-electron chi connectivity index (χ4n) is 1.87. The highest BCUT2D eigenvalue weighted by Crippen LogP contribution is 2.43. The number of nitrogens with zero attached hydrogens (tertiary/aromatic N) is 2. The SMILES string of the molecule is Clc1cc(-c2ccncn2)ccc1C1CC1. The Balaban J connectivity index is 2.00. The first-order valence-electron chi connectivity index (χ1n) is 5.40. The van der Waals surface area contributed by atoms with Crippen LogP contribution in [0.5, 0.6) is 0 Å². The second-order valence-electron chi connectivity index (χ2n) is 4.11. The standard InChI is InChI=1S/C13H11ClN2/c14-12-7-10(13-5-6-15-8-16-13)3-4-11(12)9-1-2-9/h3-9H,1-2H2. The third-order valence-corrected chi connectivity index (χ3v) is 3.22. The van der Waals surface area contributed by atoms with Gasteiger partial charge < -0.3 is 0 Å². The van der Waals surface area contributed by atoms with Gasteiger partial charge in [0, 0.05) is 16.8 Å². The van der Waals surface area contributed by atoms with E-state index in [2.05, 4.69) is 22.1 Å². The van der Waals surface area contributed by atoms with Gasteiger partial charge in [-0.25, -0.2) is 9.97 Å². The fraction of sp³-hybridized carbons (Fsp3) is 0.231. The Kier molecular flexibility index (Phi) is 2.37. The summed E-state index contributed by atoms with van der Waals surface area (Å²) in [6.45, 7) is 0. The maximum absolute atomic E-state index is 6.27. The summed E-state index contributed by atoms with van der Waals surface area (Å²) in [6, 6.07) is 8.10. The molecule has 0 bridgehead atoms. The molecule has 0 saturated heterocycles. The van der Waals surface area contributed by atoms with E-state index >= 15 is 0 Å². The highest BCUT2D eigenvalue weighted by Gasteiger charge is 2.25. The molecule has 16 heavy (non-hydrogen) atoms. The monoisotopic (exact) mass is 230 g/mol. The van der Waals surface area contributed by atoms with Crippen molar-refractivity contribution >= 4 is 11.6 Å². The molecular weight excluding hydrogens is 220 g/mol. The van der Waals surface area contributed by atoms with Crippen molar-refractivity contribution in [1.29, 1.82) is 0 Å². The molecule has 1 saturated carbocycles. The molecule has 0 amide bonds. The minimum absolute atomic E-state index is 0.687. The van der Waals surface area contributed by atoms with Gasteiger partial charge in [-0.15, -0.1) is 0 Å². The first-order valence-corrected chi connectivity index (χ1v) is 5.78. The molecule has 1 aliphatic carbocycles. The molecule has 1 heterocycles. The van der Waals surface area contributed by atoms with Crippen LogP contribution in [0.25, 0.3) is 11.3 Å². The normalized spacial score (nSPS) is 15.1. The van der Waals surface area contributed by atoms with Gasteiger partial charge in [0.05, 0.1) is 5.69 Å². The van der Waals surface area contributed by atoms with E-state index in [1.165, 1.54) is 18.4 Å². The Labute approximate surface area is 99.3 Å². The van der Waals surface area contributed by atoms with E-state index in [0.717, 1.165) is 16.3 Å². The lowest BCUT2D eigenvalue weighted by Gasteiger charge is -2.05. The molecule has 2 aromatic rings. The van der Waals surface area contributed by atoms with Crippen LogP contribution in [0.2, 0.25) is 5.02 Å². The number of aromatic nitrogens is 2. The molecule has 0 unspecified atom stereocenters. The van der Waals surface area contributed by atoms with Crippen LogP contribution < -0.4 is 0 Å². The highest BCUT2D eigenvalue weighted by molar-refractivity contribution is 6.31. The molecule has 1 aromatic carbocycles. The van der Waals surface area contributed by atoms with E-state index in [1.54, 1.807) is 12.5 Å². The molecule has 3 heteroatoms. The zero-order valence-corrected chi connectivity index (χ0v) is 9.48. The number of hydrogen-bond donors (Lipinski definition) is 0. The lowest BCUT2D eigenvalue weighted by molar-refractivity contribution is 1.13. The van der Waals surface area contributed by atoms with Crippen molar-refractivity contribution in [1.82, 2.24) is 9.97 Å². The summed E-state index contributed by atoms with van der Waals surface area (Å²) < 4.78 is 0. The minimum atomic E-state index is 0.687. The molecule has 1 aliphatic rings. The van der Waals surface area contributed by atoms with E-state index in [1.807, 2.05) is 12.1 Å². The van der Waals surface area contributed by atoms with Crippen LogP contribution in [0.4, 0.5) is 0 Å². The topological polar surface area (TPSA) is 25.8 Å². The third-order valence-electron chi connectivity index (χ3n) is 2.90. The molecule has 3 rings (SSSR count). The Bertz CT molecular complexity index is 507. The van der Waals surface area contributed by atoms with Gasteiger partial charge in [-0.1, -0.05) is 23.7 Å². The van der Waals surface area contributed by atoms with Gasteiger partial charge in [0.15, 0.2) is 0 Å². The van der Waals surface area contributed by atoms with Crippen LogP contribution in [-0.2, 0) is 0 Å². The predicted molar refractivity (Wildman–Crippen MR) is 64.5 cm³/mol. The Hall–Kier alpha value is -1.41. The number of benzene rings is 1. The molecule has 0 atom stereocenters. The van der Waals surface area contributed by atoms with Crippen LogP contribution in [0.15, 0.2) is 36.8 Å². The first kappa shape index (κ1) is 9.79. The zero-order chi connectivity index (χ0) is 11.0. The van der Waals surface area contributed by atoms with E-state index in [9.17, 15) is 0 Å².